The maximum Gasteiger partial charge on any atom is 0.216 e. The lowest BCUT2D eigenvalue weighted by molar-refractivity contribution is 0.871. The van der Waals surface area contributed by atoms with E-state index in [4.69, 9.17) is 12.2 Å². The van der Waals surface area contributed by atoms with Gasteiger partial charge in [0.25, 0.3) is 0 Å². The standard InChI is InChI=1S/C15H11BrN4S/c16-13-9-5-4-8-12(13)10-17-20-14(18-19-15(20)21)11-6-2-1-3-7-11/h1-10H,(H,19,21)/b17-10+. The number of nitrogens with one attached hydrogen (secondary N) is 1. The van der Waals surface area contributed by atoms with Gasteiger partial charge < -0.3 is 0 Å². The summed E-state index contributed by atoms with van der Waals surface area (Å²) in [4.78, 5) is 0. The van der Waals surface area contributed by atoms with Crippen molar-refractivity contribution in [3.63, 3.8) is 0 Å². The smallest absolute Gasteiger partial charge is 0.216 e. The number of nitrogens with zero attached hydrogens (tertiary/aromatic N) is 3. The predicted octanol–water partition coefficient (Wildman–Crippen LogP) is 4.25. The first-order valence-corrected chi connectivity index (χ1v) is 7.47. The van der Waals surface area contributed by atoms with Crippen molar-refractivity contribution < 1.29 is 0 Å². The molecule has 0 aliphatic heterocycles. The Hall–Kier alpha value is -2.05. The van der Waals surface area contributed by atoms with Gasteiger partial charge in [0.15, 0.2) is 5.82 Å². The van der Waals surface area contributed by atoms with Crippen molar-refractivity contribution >= 4 is 34.4 Å². The summed E-state index contributed by atoms with van der Waals surface area (Å²) in [6.07, 6.45) is 1.75. The van der Waals surface area contributed by atoms with E-state index in [9.17, 15) is 0 Å². The molecule has 3 aromatic rings. The highest BCUT2D eigenvalue weighted by atomic mass is 79.9. The molecule has 4 nitrogen and oxygen atoms in total. The lowest BCUT2D eigenvalue weighted by Crippen LogP contribution is -1.95. The van der Waals surface area contributed by atoms with Gasteiger partial charge in [-0.25, -0.2) is 5.10 Å². The molecule has 21 heavy (non-hydrogen) atoms. The fourth-order valence-electron chi connectivity index (χ4n) is 1.87. The summed E-state index contributed by atoms with van der Waals surface area (Å²) in [5.74, 6) is 0.684. The van der Waals surface area contributed by atoms with E-state index in [0.717, 1.165) is 15.6 Å². The Bertz CT molecular complexity index is 836. The van der Waals surface area contributed by atoms with Crippen molar-refractivity contribution in [3.8, 4) is 11.4 Å². The van der Waals surface area contributed by atoms with Crippen molar-refractivity contribution in [2.75, 3.05) is 0 Å². The summed E-state index contributed by atoms with van der Waals surface area (Å²) < 4.78 is 3.05. The molecule has 0 atom stereocenters. The second-order valence-electron chi connectivity index (χ2n) is 4.30. The van der Waals surface area contributed by atoms with E-state index in [1.807, 2.05) is 54.6 Å². The van der Waals surface area contributed by atoms with Crippen LogP contribution in [0.15, 0.2) is 64.2 Å². The largest absolute Gasteiger partial charge is 0.250 e. The molecule has 0 fully saturated rings. The highest BCUT2D eigenvalue weighted by Gasteiger charge is 2.07. The first-order valence-electron chi connectivity index (χ1n) is 6.27. The third-order valence-electron chi connectivity index (χ3n) is 2.90. The van der Waals surface area contributed by atoms with Gasteiger partial charge in [-0.2, -0.15) is 14.9 Å². The molecule has 2 aromatic carbocycles. The lowest BCUT2D eigenvalue weighted by Gasteiger charge is -2.01. The molecule has 1 heterocycles. The third-order valence-corrected chi connectivity index (χ3v) is 3.89. The molecule has 1 aromatic heterocycles. The summed E-state index contributed by atoms with van der Waals surface area (Å²) in [6, 6.07) is 17.7. The summed E-state index contributed by atoms with van der Waals surface area (Å²) in [6.45, 7) is 0. The highest BCUT2D eigenvalue weighted by Crippen LogP contribution is 2.17. The van der Waals surface area contributed by atoms with E-state index < -0.39 is 0 Å². The van der Waals surface area contributed by atoms with Crippen molar-refractivity contribution in [2.24, 2.45) is 5.10 Å². The molecule has 0 amide bonds. The van der Waals surface area contributed by atoms with Crippen molar-refractivity contribution in [3.05, 3.63) is 69.4 Å². The van der Waals surface area contributed by atoms with E-state index in [-0.39, 0.29) is 0 Å². The van der Waals surface area contributed by atoms with Gasteiger partial charge in [0, 0.05) is 15.6 Å². The van der Waals surface area contributed by atoms with Crippen LogP contribution in [0.3, 0.4) is 0 Å². The van der Waals surface area contributed by atoms with E-state index in [1.54, 1.807) is 10.9 Å². The van der Waals surface area contributed by atoms with Crippen molar-refractivity contribution in [2.45, 2.75) is 0 Å². The van der Waals surface area contributed by atoms with Gasteiger partial charge in [0.2, 0.25) is 4.77 Å². The molecule has 0 saturated carbocycles. The molecule has 0 aliphatic rings. The van der Waals surface area contributed by atoms with E-state index >= 15 is 0 Å². The minimum Gasteiger partial charge on any atom is -0.250 e. The second-order valence-corrected chi connectivity index (χ2v) is 5.54. The van der Waals surface area contributed by atoms with Crippen LogP contribution in [0.25, 0.3) is 11.4 Å². The summed E-state index contributed by atoms with van der Waals surface area (Å²) in [5.41, 5.74) is 1.92. The minimum atomic E-state index is 0.456. The predicted molar refractivity (Wildman–Crippen MR) is 90.0 cm³/mol. The van der Waals surface area contributed by atoms with Gasteiger partial charge >= 0.3 is 0 Å². The Morgan fingerprint density at radius 3 is 2.57 bits per heavy atom. The first kappa shape index (κ1) is 13.9. The molecule has 0 bridgehead atoms. The van der Waals surface area contributed by atoms with Crippen LogP contribution in [0.4, 0.5) is 0 Å². The van der Waals surface area contributed by atoms with Gasteiger partial charge in [0.1, 0.15) is 0 Å². The van der Waals surface area contributed by atoms with Gasteiger partial charge in [-0.1, -0.05) is 64.5 Å². The molecule has 3 rings (SSSR count). The van der Waals surface area contributed by atoms with Crippen LogP contribution in [-0.4, -0.2) is 21.1 Å². The van der Waals surface area contributed by atoms with Crippen LogP contribution in [0.1, 0.15) is 5.56 Å². The zero-order valence-corrected chi connectivity index (χ0v) is 13.3. The van der Waals surface area contributed by atoms with Crippen LogP contribution < -0.4 is 0 Å². The van der Waals surface area contributed by atoms with E-state index in [1.165, 1.54) is 0 Å². The molecular weight excluding hydrogens is 348 g/mol. The molecule has 0 spiro atoms. The van der Waals surface area contributed by atoms with Crippen LogP contribution in [0.5, 0.6) is 0 Å². The molecule has 0 saturated heterocycles. The van der Waals surface area contributed by atoms with Crippen LogP contribution in [0.2, 0.25) is 0 Å². The number of hydrogen-bond donors (Lipinski definition) is 1. The number of halogens is 1. The first-order chi connectivity index (χ1) is 10.3. The van der Waals surface area contributed by atoms with Gasteiger partial charge in [-0.15, -0.1) is 0 Å². The molecule has 0 aliphatic carbocycles. The molecule has 1 N–H and O–H groups in total. The average molecular weight is 359 g/mol. The topological polar surface area (TPSA) is 46.0 Å². The van der Waals surface area contributed by atoms with E-state index in [2.05, 4.69) is 31.2 Å². The Labute approximate surface area is 135 Å². The zero-order valence-electron chi connectivity index (χ0n) is 10.9. The molecule has 6 heteroatoms. The maximum atomic E-state index is 5.24. The second kappa shape index (κ2) is 6.15. The average Bonchev–Trinajstić information content (AvgIpc) is 2.88. The monoisotopic (exact) mass is 358 g/mol. The summed E-state index contributed by atoms with van der Waals surface area (Å²) in [5, 5.41) is 11.5. The molecule has 104 valence electrons. The van der Waals surface area contributed by atoms with E-state index in [0.29, 0.717) is 10.6 Å². The number of H-pyrrole nitrogens is 1. The van der Waals surface area contributed by atoms with Crippen LogP contribution >= 0.6 is 28.1 Å². The number of aromatic amines is 1. The van der Waals surface area contributed by atoms with Crippen LogP contribution in [-0.2, 0) is 0 Å². The molecule has 0 unspecified atom stereocenters. The Kier molecular flexibility index (Phi) is 4.08. The quantitative estimate of drug-likeness (QED) is 0.561. The maximum absolute atomic E-state index is 5.24. The Balaban J connectivity index is 2.02. The SMILES string of the molecule is S=c1[nH]nc(-c2ccccc2)n1/N=C/c1ccccc1Br. The van der Waals surface area contributed by atoms with Gasteiger partial charge in [-0.3, -0.25) is 0 Å². The Morgan fingerprint density at radius 2 is 1.81 bits per heavy atom. The zero-order chi connectivity index (χ0) is 14.7. The van der Waals surface area contributed by atoms with Gasteiger partial charge in [0.05, 0.1) is 6.21 Å². The van der Waals surface area contributed by atoms with Crippen molar-refractivity contribution in [1.82, 2.24) is 14.9 Å². The number of benzene rings is 2. The highest BCUT2D eigenvalue weighted by molar-refractivity contribution is 9.10. The normalized spacial score (nSPS) is 11.1. The van der Waals surface area contributed by atoms with Crippen molar-refractivity contribution in [1.29, 1.82) is 0 Å². The molecule has 0 radical (unpaired) electrons. The summed E-state index contributed by atoms with van der Waals surface area (Å²) >= 11 is 8.73. The Morgan fingerprint density at radius 1 is 1.10 bits per heavy atom. The number of hydrogen-bond acceptors (Lipinski definition) is 3. The summed E-state index contributed by atoms with van der Waals surface area (Å²) in [7, 11) is 0. The third kappa shape index (κ3) is 3.01. The lowest BCUT2D eigenvalue weighted by atomic mass is 10.2. The minimum absolute atomic E-state index is 0.456. The van der Waals surface area contributed by atoms with Crippen LogP contribution in [0, 0.1) is 4.77 Å². The fourth-order valence-corrected chi connectivity index (χ4v) is 2.44. The number of rotatable bonds is 3. The molecular formula is C15H11BrN4S. The fraction of sp³-hybridized carbons (Fsp3) is 0. The number of aromatic nitrogens is 3. The van der Waals surface area contributed by atoms with Gasteiger partial charge in [-0.05, 0) is 18.3 Å².